The lowest BCUT2D eigenvalue weighted by Gasteiger charge is -2.26. The molecule has 130 valence electrons. The first kappa shape index (κ1) is 16.1. The van der Waals surface area contributed by atoms with E-state index in [4.69, 9.17) is 0 Å². The van der Waals surface area contributed by atoms with E-state index in [0.29, 0.717) is 11.6 Å². The van der Waals surface area contributed by atoms with E-state index >= 15 is 0 Å². The fourth-order valence-corrected chi connectivity index (χ4v) is 4.09. The Hall–Kier alpha value is -2.36. The fourth-order valence-electron chi connectivity index (χ4n) is 4.09. The molecule has 0 bridgehead atoms. The van der Waals surface area contributed by atoms with E-state index in [2.05, 4.69) is 41.1 Å². The molecule has 0 aliphatic carbocycles. The molecule has 1 aromatic heterocycles. The van der Waals surface area contributed by atoms with Crippen LogP contribution in [-0.4, -0.2) is 34.9 Å². The molecule has 4 nitrogen and oxygen atoms in total. The van der Waals surface area contributed by atoms with Gasteiger partial charge in [-0.25, -0.2) is 0 Å². The molecule has 1 amide bonds. The number of hydrogen-bond acceptors (Lipinski definition) is 3. The molecule has 4 heteroatoms. The highest BCUT2D eigenvalue weighted by Gasteiger charge is 2.28. The molecule has 2 aromatic rings. The summed E-state index contributed by atoms with van der Waals surface area (Å²) < 4.78 is 0. The minimum absolute atomic E-state index is 0.122. The van der Waals surface area contributed by atoms with Crippen LogP contribution < -0.4 is 4.90 Å². The lowest BCUT2D eigenvalue weighted by Crippen LogP contribution is -2.32. The SMILES string of the molecule is CC1Cc2ccccc2N1c1cncc(C(=O)N2CCCCCC2)c1. The molecule has 1 fully saturated rings. The number of rotatable bonds is 2. The van der Waals surface area contributed by atoms with Gasteiger partial charge < -0.3 is 9.80 Å². The fraction of sp³-hybridized carbons (Fsp3) is 0.429. The zero-order valence-electron chi connectivity index (χ0n) is 14.8. The van der Waals surface area contributed by atoms with Gasteiger partial charge in [-0.3, -0.25) is 9.78 Å². The number of carbonyl (C=O) groups is 1. The number of nitrogens with zero attached hydrogens (tertiary/aromatic N) is 3. The van der Waals surface area contributed by atoms with Gasteiger partial charge in [-0.05, 0) is 43.9 Å². The topological polar surface area (TPSA) is 36.4 Å². The van der Waals surface area contributed by atoms with Gasteiger partial charge in [0.1, 0.15) is 0 Å². The predicted octanol–water partition coefficient (Wildman–Crippen LogP) is 4.18. The van der Waals surface area contributed by atoms with E-state index in [1.54, 1.807) is 6.20 Å². The first-order valence-corrected chi connectivity index (χ1v) is 9.35. The molecule has 2 aliphatic rings. The van der Waals surface area contributed by atoms with Crippen molar-refractivity contribution in [3.63, 3.8) is 0 Å². The summed E-state index contributed by atoms with van der Waals surface area (Å²) in [6, 6.07) is 10.9. The largest absolute Gasteiger partial charge is 0.339 e. The number of fused-ring (bicyclic) bond motifs is 1. The average Bonchev–Trinajstić information content (AvgIpc) is 2.80. The Morgan fingerprint density at radius 2 is 1.84 bits per heavy atom. The molecule has 0 saturated carbocycles. The van der Waals surface area contributed by atoms with Crippen LogP contribution in [0, 0.1) is 0 Å². The van der Waals surface area contributed by atoms with Crippen LogP contribution in [0.3, 0.4) is 0 Å². The van der Waals surface area contributed by atoms with E-state index in [1.807, 2.05) is 17.2 Å². The molecule has 0 radical (unpaired) electrons. The van der Waals surface area contributed by atoms with Crippen LogP contribution in [0.4, 0.5) is 11.4 Å². The summed E-state index contributed by atoms with van der Waals surface area (Å²) in [5.74, 6) is 0.122. The van der Waals surface area contributed by atoms with E-state index in [-0.39, 0.29) is 5.91 Å². The molecule has 1 atom stereocenters. The van der Waals surface area contributed by atoms with Crippen molar-refractivity contribution in [2.24, 2.45) is 0 Å². The summed E-state index contributed by atoms with van der Waals surface area (Å²) in [6.07, 6.45) is 9.28. The third kappa shape index (κ3) is 3.13. The van der Waals surface area contributed by atoms with Gasteiger partial charge in [-0.2, -0.15) is 0 Å². The summed E-state index contributed by atoms with van der Waals surface area (Å²) in [7, 11) is 0. The molecule has 1 aromatic carbocycles. The summed E-state index contributed by atoms with van der Waals surface area (Å²) >= 11 is 0. The summed E-state index contributed by atoms with van der Waals surface area (Å²) in [4.78, 5) is 21.6. The van der Waals surface area contributed by atoms with Crippen LogP contribution in [0.1, 0.15) is 48.5 Å². The van der Waals surface area contributed by atoms with Crippen LogP contribution in [-0.2, 0) is 6.42 Å². The molecule has 1 unspecified atom stereocenters. The number of aromatic nitrogens is 1. The van der Waals surface area contributed by atoms with Crippen molar-refractivity contribution in [2.75, 3.05) is 18.0 Å². The lowest BCUT2D eigenvalue weighted by molar-refractivity contribution is 0.0761. The Bertz CT molecular complexity index is 765. The van der Waals surface area contributed by atoms with Gasteiger partial charge in [0.15, 0.2) is 0 Å². The molecule has 2 aliphatic heterocycles. The number of benzene rings is 1. The number of amides is 1. The van der Waals surface area contributed by atoms with Crippen molar-refractivity contribution in [2.45, 2.75) is 45.1 Å². The Balaban J connectivity index is 1.62. The van der Waals surface area contributed by atoms with Crippen molar-refractivity contribution in [1.82, 2.24) is 9.88 Å². The van der Waals surface area contributed by atoms with Crippen LogP contribution >= 0.6 is 0 Å². The number of hydrogen-bond donors (Lipinski definition) is 0. The molecular weight excluding hydrogens is 310 g/mol. The monoisotopic (exact) mass is 335 g/mol. The van der Waals surface area contributed by atoms with Gasteiger partial charge in [0.2, 0.25) is 0 Å². The first-order chi connectivity index (χ1) is 12.2. The van der Waals surface area contributed by atoms with Crippen molar-refractivity contribution >= 4 is 17.3 Å². The van der Waals surface area contributed by atoms with Gasteiger partial charge in [-0.1, -0.05) is 31.0 Å². The Labute approximate surface area is 149 Å². The van der Waals surface area contributed by atoms with Crippen LogP contribution in [0.2, 0.25) is 0 Å². The van der Waals surface area contributed by atoms with Gasteiger partial charge in [0.05, 0.1) is 17.4 Å². The molecule has 0 spiro atoms. The molecule has 3 heterocycles. The number of likely N-dealkylation sites (tertiary alicyclic amines) is 1. The van der Waals surface area contributed by atoms with Crippen molar-refractivity contribution in [3.8, 4) is 0 Å². The van der Waals surface area contributed by atoms with Gasteiger partial charge in [0.25, 0.3) is 5.91 Å². The Morgan fingerprint density at radius 3 is 2.64 bits per heavy atom. The van der Waals surface area contributed by atoms with E-state index in [0.717, 1.165) is 38.0 Å². The van der Waals surface area contributed by atoms with E-state index in [9.17, 15) is 4.79 Å². The molecule has 0 N–H and O–H groups in total. The molecule has 1 saturated heterocycles. The highest BCUT2D eigenvalue weighted by atomic mass is 16.2. The van der Waals surface area contributed by atoms with E-state index < -0.39 is 0 Å². The maximum absolute atomic E-state index is 12.9. The number of anilines is 2. The van der Waals surface area contributed by atoms with Gasteiger partial charge in [-0.15, -0.1) is 0 Å². The second-order valence-electron chi connectivity index (χ2n) is 7.19. The number of carbonyl (C=O) groups excluding carboxylic acids is 1. The molecule has 4 rings (SSSR count). The normalized spacial score (nSPS) is 20.3. The lowest BCUT2D eigenvalue weighted by atomic mass is 10.1. The summed E-state index contributed by atoms with van der Waals surface area (Å²) in [6.45, 7) is 3.96. The highest BCUT2D eigenvalue weighted by molar-refractivity contribution is 5.95. The van der Waals surface area contributed by atoms with Crippen molar-refractivity contribution in [1.29, 1.82) is 0 Å². The Morgan fingerprint density at radius 1 is 1.08 bits per heavy atom. The zero-order chi connectivity index (χ0) is 17.2. The number of pyridine rings is 1. The highest BCUT2D eigenvalue weighted by Crippen LogP contribution is 2.38. The first-order valence-electron chi connectivity index (χ1n) is 9.35. The van der Waals surface area contributed by atoms with Crippen LogP contribution in [0.25, 0.3) is 0 Å². The van der Waals surface area contributed by atoms with E-state index in [1.165, 1.54) is 24.1 Å². The third-order valence-corrected chi connectivity index (χ3v) is 5.35. The second kappa shape index (κ2) is 6.87. The second-order valence-corrected chi connectivity index (χ2v) is 7.19. The van der Waals surface area contributed by atoms with Crippen LogP contribution in [0.15, 0.2) is 42.7 Å². The van der Waals surface area contributed by atoms with Gasteiger partial charge in [0, 0.05) is 31.0 Å². The molecule has 25 heavy (non-hydrogen) atoms. The zero-order valence-corrected chi connectivity index (χ0v) is 14.8. The third-order valence-electron chi connectivity index (χ3n) is 5.35. The predicted molar refractivity (Wildman–Crippen MR) is 100 cm³/mol. The van der Waals surface area contributed by atoms with Crippen LogP contribution in [0.5, 0.6) is 0 Å². The standard InChI is InChI=1S/C21H25N3O/c1-16-12-17-8-4-5-9-20(17)24(16)19-13-18(14-22-15-19)21(25)23-10-6-2-3-7-11-23/h4-5,8-9,13-16H,2-3,6-7,10-12H2,1H3. The van der Waals surface area contributed by atoms with Gasteiger partial charge >= 0.3 is 0 Å². The van der Waals surface area contributed by atoms with Crippen molar-refractivity contribution in [3.05, 3.63) is 53.9 Å². The minimum Gasteiger partial charge on any atom is -0.339 e. The Kier molecular flexibility index (Phi) is 4.43. The molecular formula is C21H25N3O. The quantitative estimate of drug-likeness (QED) is 0.826. The minimum atomic E-state index is 0.122. The maximum Gasteiger partial charge on any atom is 0.255 e. The smallest absolute Gasteiger partial charge is 0.255 e. The van der Waals surface area contributed by atoms with Crippen molar-refractivity contribution < 1.29 is 4.79 Å². The average molecular weight is 335 g/mol. The maximum atomic E-state index is 12.9. The summed E-state index contributed by atoms with van der Waals surface area (Å²) in [5, 5.41) is 0. The summed E-state index contributed by atoms with van der Waals surface area (Å²) in [5.41, 5.74) is 4.31. The number of para-hydroxylation sites is 1.